The number of pyridine rings is 1. The maximum Gasteiger partial charge on any atom is 0.407 e. The van der Waals surface area contributed by atoms with Gasteiger partial charge in [-0.3, -0.25) is 0 Å². The summed E-state index contributed by atoms with van der Waals surface area (Å²) in [5.74, 6) is -1.45. The number of nitrogens with one attached hydrogen (secondary N) is 1. The molecule has 2 aromatic heterocycles. The van der Waals surface area contributed by atoms with E-state index < -0.39 is 23.8 Å². The molecule has 33 heavy (non-hydrogen) atoms. The van der Waals surface area contributed by atoms with Gasteiger partial charge in [-0.25, -0.2) is 18.6 Å². The minimum absolute atomic E-state index is 0.0315. The zero-order valence-corrected chi connectivity index (χ0v) is 18.1. The second-order valence-electron chi connectivity index (χ2n) is 8.46. The van der Waals surface area contributed by atoms with Crippen LogP contribution in [0.3, 0.4) is 0 Å². The molecular weight excluding hydrogens is 434 g/mol. The number of rotatable bonds is 5. The quantitative estimate of drug-likeness (QED) is 0.610. The average molecular weight is 458 g/mol. The summed E-state index contributed by atoms with van der Waals surface area (Å²) in [6.07, 6.45) is 0.577. The molecule has 5 rings (SSSR count). The number of fused-ring (bicyclic) bond motifs is 1. The van der Waals surface area contributed by atoms with Crippen LogP contribution < -0.4 is 5.32 Å². The molecule has 3 aromatic rings. The molecule has 174 valence electrons. The van der Waals surface area contributed by atoms with Crippen LogP contribution in [-0.2, 0) is 15.9 Å². The predicted molar refractivity (Wildman–Crippen MR) is 117 cm³/mol. The van der Waals surface area contributed by atoms with Crippen LogP contribution in [0.5, 0.6) is 0 Å². The summed E-state index contributed by atoms with van der Waals surface area (Å²) in [5, 5.41) is 12.4. The Morgan fingerprint density at radius 2 is 2.03 bits per heavy atom. The molecule has 10 heteroatoms. The molecule has 2 fully saturated rings. The first-order valence-corrected chi connectivity index (χ1v) is 10.8. The van der Waals surface area contributed by atoms with Crippen molar-refractivity contribution in [1.29, 1.82) is 0 Å². The van der Waals surface area contributed by atoms with Gasteiger partial charge in [0.2, 0.25) is 0 Å². The zero-order chi connectivity index (χ0) is 23.1. The topological polar surface area (TPSA) is 88.3 Å². The lowest BCUT2D eigenvalue weighted by atomic mass is 10.0. The van der Waals surface area contributed by atoms with Crippen LogP contribution in [0.15, 0.2) is 30.5 Å². The van der Waals surface area contributed by atoms with Crippen LogP contribution in [-0.4, -0.2) is 70.5 Å². The molecule has 1 amide bonds. The first kappa shape index (κ1) is 21.6. The Hall–Kier alpha value is -3.24. The van der Waals surface area contributed by atoms with Crippen LogP contribution in [0.1, 0.15) is 11.3 Å². The molecule has 1 aromatic carbocycles. The number of aromatic nitrogens is 2. The van der Waals surface area contributed by atoms with Gasteiger partial charge in [-0.2, -0.15) is 0 Å². The van der Waals surface area contributed by atoms with Gasteiger partial charge < -0.3 is 29.2 Å². The minimum Gasteiger partial charge on any atom is -0.465 e. The van der Waals surface area contributed by atoms with E-state index in [1.807, 2.05) is 19.1 Å². The molecule has 4 heterocycles. The second kappa shape index (κ2) is 8.60. The van der Waals surface area contributed by atoms with Gasteiger partial charge in [0.25, 0.3) is 0 Å². The van der Waals surface area contributed by atoms with E-state index in [4.69, 9.17) is 9.47 Å². The molecular formula is C23H24F2N4O4. The molecule has 2 aliphatic rings. The number of carboxylic acid groups (broad SMARTS) is 1. The van der Waals surface area contributed by atoms with Crippen molar-refractivity contribution in [3.63, 3.8) is 0 Å². The normalized spacial score (nSPS) is 19.0. The van der Waals surface area contributed by atoms with E-state index >= 15 is 8.78 Å². The standard InChI is InChI=1S/C23H24F2N4O4/c1-13-2-3-29-19(9-16-10-28(23(30)31)4-5-33-16)22(27-20(29)6-13)21-17(24)7-14(8-18(21)25)26-15-11-32-12-15/h2-3,6-8,15-16,26H,4-5,9-12H2,1H3,(H,30,31). The number of hydrogen-bond donors (Lipinski definition) is 2. The number of nitrogens with zero attached hydrogens (tertiary/aromatic N) is 3. The zero-order valence-electron chi connectivity index (χ0n) is 18.1. The summed E-state index contributed by atoms with van der Waals surface area (Å²) >= 11 is 0. The Morgan fingerprint density at radius 3 is 2.70 bits per heavy atom. The molecule has 2 saturated heterocycles. The number of benzene rings is 1. The van der Waals surface area contributed by atoms with E-state index in [1.165, 1.54) is 17.0 Å². The average Bonchev–Trinajstić information content (AvgIpc) is 3.07. The summed E-state index contributed by atoms with van der Waals surface area (Å²) in [6.45, 7) is 3.62. The summed E-state index contributed by atoms with van der Waals surface area (Å²) in [7, 11) is 0. The molecule has 1 unspecified atom stereocenters. The molecule has 8 nitrogen and oxygen atoms in total. The third-order valence-electron chi connectivity index (χ3n) is 6.00. The van der Waals surface area contributed by atoms with Gasteiger partial charge in [0.15, 0.2) is 0 Å². The van der Waals surface area contributed by atoms with Gasteiger partial charge in [-0.15, -0.1) is 0 Å². The van der Waals surface area contributed by atoms with E-state index in [0.717, 1.165) is 5.56 Å². The van der Waals surface area contributed by atoms with E-state index in [1.54, 1.807) is 10.6 Å². The van der Waals surface area contributed by atoms with Gasteiger partial charge in [0.05, 0.1) is 55.5 Å². The number of morpholine rings is 1. The smallest absolute Gasteiger partial charge is 0.407 e. The predicted octanol–water partition coefficient (Wildman–Crippen LogP) is 3.32. The summed E-state index contributed by atoms with van der Waals surface area (Å²) < 4.78 is 43.1. The maximum atomic E-state index is 15.2. The fourth-order valence-electron chi connectivity index (χ4n) is 4.26. The molecule has 0 saturated carbocycles. The number of amides is 1. The minimum atomic E-state index is -1.02. The van der Waals surface area contributed by atoms with Crippen molar-refractivity contribution in [2.75, 3.05) is 38.2 Å². The van der Waals surface area contributed by atoms with E-state index in [2.05, 4.69) is 10.3 Å². The Bertz CT molecular complexity index is 1190. The van der Waals surface area contributed by atoms with Crippen molar-refractivity contribution in [3.8, 4) is 11.3 Å². The van der Waals surface area contributed by atoms with Gasteiger partial charge >= 0.3 is 6.09 Å². The number of halogens is 2. The third kappa shape index (κ3) is 4.23. The highest BCUT2D eigenvalue weighted by Gasteiger charge is 2.29. The Balaban J connectivity index is 1.54. The number of anilines is 1. The van der Waals surface area contributed by atoms with Crippen molar-refractivity contribution in [3.05, 3.63) is 53.4 Å². The third-order valence-corrected chi connectivity index (χ3v) is 6.00. The van der Waals surface area contributed by atoms with Gasteiger partial charge in [0.1, 0.15) is 17.3 Å². The lowest BCUT2D eigenvalue weighted by Crippen LogP contribution is -2.45. The molecule has 1 atom stereocenters. The van der Waals surface area contributed by atoms with Crippen molar-refractivity contribution in [2.45, 2.75) is 25.5 Å². The van der Waals surface area contributed by atoms with Crippen molar-refractivity contribution in [1.82, 2.24) is 14.3 Å². The summed E-state index contributed by atoms with van der Waals surface area (Å²) in [5.41, 5.74) is 2.39. The first-order valence-electron chi connectivity index (χ1n) is 10.8. The SMILES string of the molecule is Cc1ccn2c(CC3CN(C(=O)O)CCO3)c(-c3c(F)cc(NC4COC4)cc3F)nc2c1. The molecule has 2 aliphatic heterocycles. The number of imidazole rings is 1. The van der Waals surface area contributed by atoms with E-state index in [0.29, 0.717) is 30.2 Å². The number of ether oxygens (including phenoxy) is 2. The van der Waals surface area contributed by atoms with Gasteiger partial charge in [0, 0.05) is 24.8 Å². The van der Waals surface area contributed by atoms with Gasteiger partial charge in [-0.05, 0) is 36.8 Å². The second-order valence-corrected chi connectivity index (χ2v) is 8.46. The first-order chi connectivity index (χ1) is 15.9. The van der Waals surface area contributed by atoms with Crippen LogP contribution in [0.25, 0.3) is 16.9 Å². The Kier molecular flexibility index (Phi) is 5.63. The van der Waals surface area contributed by atoms with Crippen molar-refractivity contribution in [2.24, 2.45) is 0 Å². The van der Waals surface area contributed by atoms with Crippen LogP contribution in [0.2, 0.25) is 0 Å². The lowest BCUT2D eigenvalue weighted by Gasteiger charge is -2.31. The van der Waals surface area contributed by atoms with Crippen molar-refractivity contribution >= 4 is 17.4 Å². The molecule has 0 bridgehead atoms. The lowest BCUT2D eigenvalue weighted by molar-refractivity contribution is -0.0214. The monoisotopic (exact) mass is 458 g/mol. The highest BCUT2D eigenvalue weighted by molar-refractivity contribution is 5.70. The molecule has 2 N–H and O–H groups in total. The molecule has 0 spiro atoms. The maximum absolute atomic E-state index is 15.2. The summed E-state index contributed by atoms with van der Waals surface area (Å²) in [6, 6.07) is 6.27. The number of hydrogen-bond acceptors (Lipinski definition) is 5. The fraction of sp³-hybridized carbons (Fsp3) is 0.391. The number of aryl methyl sites for hydroxylation is 1. The highest BCUT2D eigenvalue weighted by Crippen LogP contribution is 2.33. The van der Waals surface area contributed by atoms with E-state index in [-0.39, 0.29) is 43.4 Å². The molecule has 0 aliphatic carbocycles. The number of carbonyl (C=O) groups is 1. The van der Waals surface area contributed by atoms with Crippen LogP contribution >= 0.6 is 0 Å². The molecule has 0 radical (unpaired) electrons. The van der Waals surface area contributed by atoms with Crippen LogP contribution in [0, 0.1) is 18.6 Å². The largest absolute Gasteiger partial charge is 0.465 e. The van der Waals surface area contributed by atoms with E-state index in [9.17, 15) is 9.90 Å². The summed E-state index contributed by atoms with van der Waals surface area (Å²) in [4.78, 5) is 17.2. The fourth-order valence-corrected chi connectivity index (χ4v) is 4.26. The van der Waals surface area contributed by atoms with Crippen LogP contribution in [0.4, 0.5) is 19.3 Å². The Morgan fingerprint density at radius 1 is 1.27 bits per heavy atom. The Labute approximate surface area is 188 Å². The highest BCUT2D eigenvalue weighted by atomic mass is 19.1. The van der Waals surface area contributed by atoms with Crippen molar-refractivity contribution < 1.29 is 28.2 Å². The van der Waals surface area contributed by atoms with Gasteiger partial charge in [-0.1, -0.05) is 0 Å².